The van der Waals surface area contributed by atoms with Crippen molar-refractivity contribution in [3.8, 4) is 11.5 Å². The Hall–Kier alpha value is -1.15. The third kappa shape index (κ3) is 3.46. The van der Waals surface area contributed by atoms with E-state index in [-0.39, 0.29) is 0 Å². The third-order valence-electron chi connectivity index (χ3n) is 1.43. The van der Waals surface area contributed by atoms with Gasteiger partial charge < -0.3 is 9.84 Å². The van der Waals surface area contributed by atoms with Gasteiger partial charge in [-0.2, -0.15) is 0 Å². The van der Waals surface area contributed by atoms with E-state index in [4.69, 9.17) is 15.8 Å². The minimum absolute atomic E-state index is 0.503. The molecule has 1 rings (SSSR count). The van der Waals surface area contributed by atoms with Crippen molar-refractivity contribution in [3.05, 3.63) is 18.2 Å². The normalized spacial score (nSPS) is 12.5. The lowest BCUT2D eigenvalue weighted by molar-refractivity contribution is -0.274. The Morgan fingerprint density at radius 3 is 2.25 bits per heavy atom. The van der Waals surface area contributed by atoms with Crippen molar-refractivity contribution in [2.45, 2.75) is 11.3 Å². The monoisotopic (exact) mass is 276 g/mol. The summed E-state index contributed by atoms with van der Waals surface area (Å²) in [6.45, 7) is 0. The highest BCUT2D eigenvalue weighted by Crippen LogP contribution is 2.32. The molecule has 90 valence electrons. The number of alkyl halides is 3. The average Bonchev–Trinajstić information content (AvgIpc) is 1.97. The molecule has 0 radical (unpaired) electrons. The summed E-state index contributed by atoms with van der Waals surface area (Å²) in [4.78, 5) is -0.691. The fourth-order valence-electron chi connectivity index (χ4n) is 0.900. The smallest absolute Gasteiger partial charge is 0.506 e. The van der Waals surface area contributed by atoms with Gasteiger partial charge in [0.25, 0.3) is 9.05 Å². The molecule has 4 nitrogen and oxygen atoms in total. The van der Waals surface area contributed by atoms with Crippen LogP contribution in [-0.2, 0) is 9.05 Å². The van der Waals surface area contributed by atoms with Crippen LogP contribution in [-0.4, -0.2) is 19.9 Å². The minimum atomic E-state index is -4.92. The van der Waals surface area contributed by atoms with Gasteiger partial charge in [0, 0.05) is 16.7 Å². The maximum atomic E-state index is 11.8. The highest BCUT2D eigenvalue weighted by molar-refractivity contribution is 8.13. The molecule has 0 saturated heterocycles. The molecule has 1 N–H and O–H groups in total. The second kappa shape index (κ2) is 4.02. The number of benzene rings is 1. The molecule has 9 heteroatoms. The molecule has 0 aliphatic rings. The molecule has 1 aromatic carbocycles. The Labute approximate surface area is 92.6 Å². The Bertz CT molecular complexity index is 497. The molecule has 0 unspecified atom stereocenters. The van der Waals surface area contributed by atoms with Gasteiger partial charge in [0.05, 0.1) is 0 Å². The van der Waals surface area contributed by atoms with E-state index < -0.39 is 31.8 Å². The standard InChI is InChI=1S/C7H4ClF3O4S/c8-16(13,14)6-2-1-4(3-5(6)12)15-7(9,10)11/h1-3,12H. The number of rotatable bonds is 2. The summed E-state index contributed by atoms with van der Waals surface area (Å²) in [5.74, 6) is -1.66. The molecule has 16 heavy (non-hydrogen) atoms. The maximum absolute atomic E-state index is 11.8. The van der Waals surface area contributed by atoms with Gasteiger partial charge in [-0.25, -0.2) is 8.42 Å². The van der Waals surface area contributed by atoms with Gasteiger partial charge in [-0.05, 0) is 12.1 Å². The molecule has 0 aliphatic carbocycles. The number of hydrogen-bond acceptors (Lipinski definition) is 4. The highest BCUT2D eigenvalue weighted by atomic mass is 35.7. The molecule has 0 bridgehead atoms. The predicted octanol–water partition coefficient (Wildman–Crippen LogP) is 2.22. The van der Waals surface area contributed by atoms with Gasteiger partial charge in [-0.15, -0.1) is 13.2 Å². The number of phenolic OH excluding ortho intramolecular Hbond substituents is 1. The van der Waals surface area contributed by atoms with Crippen LogP contribution in [0.4, 0.5) is 13.2 Å². The minimum Gasteiger partial charge on any atom is -0.506 e. The van der Waals surface area contributed by atoms with E-state index in [9.17, 15) is 21.6 Å². The van der Waals surface area contributed by atoms with Crippen LogP contribution in [0.5, 0.6) is 11.5 Å². The summed E-state index contributed by atoms with van der Waals surface area (Å²) in [5, 5.41) is 9.11. The molecule has 0 amide bonds. The zero-order valence-electron chi connectivity index (χ0n) is 7.32. The van der Waals surface area contributed by atoms with E-state index in [1.807, 2.05) is 0 Å². The molecule has 0 fully saturated rings. The first-order valence-electron chi connectivity index (χ1n) is 3.63. The SMILES string of the molecule is O=S(=O)(Cl)c1ccc(OC(F)(F)F)cc1O. The summed E-state index contributed by atoms with van der Waals surface area (Å²) in [6, 6.07) is 1.93. The second-order valence-electron chi connectivity index (χ2n) is 2.62. The average molecular weight is 277 g/mol. The summed E-state index contributed by atoms with van der Waals surface area (Å²) in [7, 11) is 0.690. The molecular formula is C7H4ClF3O4S. The van der Waals surface area contributed by atoms with Crippen LogP contribution >= 0.6 is 10.7 Å². The number of ether oxygens (including phenoxy) is 1. The van der Waals surface area contributed by atoms with Crippen molar-refractivity contribution in [3.63, 3.8) is 0 Å². The fraction of sp³-hybridized carbons (Fsp3) is 0.143. The summed E-state index contributed by atoms with van der Waals surface area (Å²) in [5.41, 5.74) is 0. The Kier molecular flexibility index (Phi) is 3.25. The van der Waals surface area contributed by atoms with Crippen LogP contribution in [0.25, 0.3) is 0 Å². The zero-order chi connectivity index (χ0) is 12.6. The van der Waals surface area contributed by atoms with E-state index in [1.165, 1.54) is 0 Å². The Morgan fingerprint density at radius 2 is 1.88 bits per heavy atom. The lowest BCUT2D eigenvalue weighted by atomic mass is 10.3. The van der Waals surface area contributed by atoms with Crippen LogP contribution < -0.4 is 4.74 Å². The van der Waals surface area contributed by atoms with Crippen molar-refractivity contribution < 1.29 is 31.4 Å². The molecule has 0 spiro atoms. The summed E-state index contributed by atoms with van der Waals surface area (Å²) >= 11 is 0. The van der Waals surface area contributed by atoms with Gasteiger partial charge in [-0.1, -0.05) is 0 Å². The number of hydrogen-bond donors (Lipinski definition) is 1. The maximum Gasteiger partial charge on any atom is 0.573 e. The fourth-order valence-corrected chi connectivity index (χ4v) is 1.83. The number of phenols is 1. The van der Waals surface area contributed by atoms with Crippen molar-refractivity contribution in [1.82, 2.24) is 0 Å². The molecule has 1 aromatic rings. The van der Waals surface area contributed by atoms with E-state index in [0.717, 1.165) is 6.07 Å². The zero-order valence-corrected chi connectivity index (χ0v) is 8.90. The molecule has 0 atom stereocenters. The van der Waals surface area contributed by atoms with Gasteiger partial charge in [0.1, 0.15) is 16.4 Å². The lowest BCUT2D eigenvalue weighted by Gasteiger charge is -2.09. The van der Waals surface area contributed by atoms with Crippen molar-refractivity contribution >= 4 is 19.7 Å². The molecule has 0 heterocycles. The predicted molar refractivity (Wildman–Crippen MR) is 47.8 cm³/mol. The molecule has 0 aliphatic heterocycles. The van der Waals surface area contributed by atoms with Gasteiger partial charge in [0.2, 0.25) is 0 Å². The van der Waals surface area contributed by atoms with Gasteiger partial charge >= 0.3 is 6.36 Å². The van der Waals surface area contributed by atoms with Crippen LogP contribution in [0.15, 0.2) is 23.1 Å². The van der Waals surface area contributed by atoms with Crippen molar-refractivity contribution in [2.75, 3.05) is 0 Å². The molecule has 0 saturated carbocycles. The Balaban J connectivity index is 3.10. The van der Waals surface area contributed by atoms with Crippen LogP contribution in [0, 0.1) is 0 Å². The molecular weight excluding hydrogens is 273 g/mol. The van der Waals surface area contributed by atoms with Gasteiger partial charge in [-0.3, -0.25) is 0 Å². The topological polar surface area (TPSA) is 63.6 Å². The van der Waals surface area contributed by atoms with Crippen molar-refractivity contribution in [1.29, 1.82) is 0 Å². The lowest BCUT2D eigenvalue weighted by Crippen LogP contribution is -2.17. The molecule has 0 aromatic heterocycles. The third-order valence-corrected chi connectivity index (χ3v) is 2.80. The van der Waals surface area contributed by atoms with E-state index in [1.54, 1.807) is 0 Å². The number of halogens is 4. The quantitative estimate of drug-likeness (QED) is 0.841. The first-order valence-corrected chi connectivity index (χ1v) is 5.94. The van der Waals surface area contributed by atoms with Gasteiger partial charge in [0.15, 0.2) is 0 Å². The Morgan fingerprint density at radius 1 is 1.31 bits per heavy atom. The van der Waals surface area contributed by atoms with E-state index in [2.05, 4.69) is 4.74 Å². The van der Waals surface area contributed by atoms with Crippen LogP contribution in [0.2, 0.25) is 0 Å². The van der Waals surface area contributed by atoms with E-state index in [0.29, 0.717) is 12.1 Å². The van der Waals surface area contributed by atoms with Crippen LogP contribution in [0.3, 0.4) is 0 Å². The largest absolute Gasteiger partial charge is 0.573 e. The first kappa shape index (κ1) is 12.9. The second-order valence-corrected chi connectivity index (χ2v) is 5.15. The highest BCUT2D eigenvalue weighted by Gasteiger charge is 2.31. The number of aromatic hydroxyl groups is 1. The summed E-state index contributed by atoms with van der Waals surface area (Å²) < 4.78 is 60.3. The first-order chi connectivity index (χ1) is 7.09. The summed E-state index contributed by atoms with van der Waals surface area (Å²) in [6.07, 6.45) is -4.92. The van der Waals surface area contributed by atoms with Crippen molar-refractivity contribution in [2.24, 2.45) is 0 Å². The van der Waals surface area contributed by atoms with E-state index >= 15 is 0 Å². The van der Waals surface area contributed by atoms with Crippen LogP contribution in [0.1, 0.15) is 0 Å².